The summed E-state index contributed by atoms with van der Waals surface area (Å²) in [5.41, 5.74) is 0. The fourth-order valence-corrected chi connectivity index (χ4v) is 4.01. The zero-order chi connectivity index (χ0) is 11.8. The van der Waals surface area contributed by atoms with Crippen LogP contribution < -0.4 is 0 Å². The second kappa shape index (κ2) is 4.33. The Balaban J connectivity index is 1.93. The van der Waals surface area contributed by atoms with E-state index >= 15 is 0 Å². The van der Waals surface area contributed by atoms with Crippen molar-refractivity contribution in [2.24, 2.45) is 5.92 Å². The molecular formula is C10H18N2O3S. The molecule has 0 aliphatic carbocycles. The molecule has 0 aromatic heterocycles. The SMILES string of the molecule is CN1CCN(C(=O)C2CCS(=O)(=O)C2)CC1. The van der Waals surface area contributed by atoms with Gasteiger partial charge in [-0.2, -0.15) is 0 Å². The van der Waals surface area contributed by atoms with Gasteiger partial charge in [0, 0.05) is 26.2 Å². The predicted octanol–water partition coefficient (Wildman–Crippen LogP) is -0.805. The summed E-state index contributed by atoms with van der Waals surface area (Å²) in [5.74, 6) is -0.0161. The fraction of sp³-hybridized carbons (Fsp3) is 0.900. The van der Waals surface area contributed by atoms with Gasteiger partial charge in [0.25, 0.3) is 0 Å². The first-order valence-electron chi connectivity index (χ1n) is 5.66. The Labute approximate surface area is 96.3 Å². The Bertz CT molecular complexity index is 372. The van der Waals surface area contributed by atoms with Gasteiger partial charge in [-0.25, -0.2) is 8.42 Å². The van der Waals surface area contributed by atoms with E-state index in [0.29, 0.717) is 6.42 Å². The molecule has 0 spiro atoms. The van der Waals surface area contributed by atoms with Crippen LogP contribution in [0.25, 0.3) is 0 Å². The van der Waals surface area contributed by atoms with Crippen molar-refractivity contribution < 1.29 is 13.2 Å². The molecule has 2 rings (SSSR count). The Hall–Kier alpha value is -0.620. The van der Waals surface area contributed by atoms with Crippen molar-refractivity contribution in [3.8, 4) is 0 Å². The molecule has 2 aliphatic heterocycles. The van der Waals surface area contributed by atoms with Gasteiger partial charge in [0.1, 0.15) is 0 Å². The van der Waals surface area contributed by atoms with Gasteiger partial charge in [-0.15, -0.1) is 0 Å². The molecule has 6 heteroatoms. The highest BCUT2D eigenvalue weighted by molar-refractivity contribution is 7.91. The van der Waals surface area contributed by atoms with Crippen LogP contribution in [0.5, 0.6) is 0 Å². The van der Waals surface area contributed by atoms with Gasteiger partial charge < -0.3 is 9.80 Å². The van der Waals surface area contributed by atoms with Crippen molar-refractivity contribution in [3.05, 3.63) is 0 Å². The number of carbonyl (C=O) groups excluding carboxylic acids is 1. The third kappa shape index (κ3) is 2.55. The molecule has 1 amide bonds. The Morgan fingerprint density at radius 2 is 1.81 bits per heavy atom. The molecule has 2 aliphatic rings. The molecule has 16 heavy (non-hydrogen) atoms. The molecule has 0 saturated carbocycles. The van der Waals surface area contributed by atoms with Crippen molar-refractivity contribution in [2.45, 2.75) is 6.42 Å². The summed E-state index contributed by atoms with van der Waals surface area (Å²) >= 11 is 0. The van der Waals surface area contributed by atoms with Crippen LogP contribution in [0.3, 0.4) is 0 Å². The van der Waals surface area contributed by atoms with Gasteiger partial charge in [0.2, 0.25) is 5.91 Å². The number of rotatable bonds is 1. The first-order valence-corrected chi connectivity index (χ1v) is 7.48. The normalized spacial score (nSPS) is 30.6. The summed E-state index contributed by atoms with van der Waals surface area (Å²) < 4.78 is 22.6. The monoisotopic (exact) mass is 246 g/mol. The maximum Gasteiger partial charge on any atom is 0.226 e. The van der Waals surface area contributed by atoms with Crippen molar-refractivity contribution >= 4 is 15.7 Å². The average Bonchev–Trinajstić information content (AvgIpc) is 2.59. The molecule has 0 radical (unpaired) electrons. The van der Waals surface area contributed by atoms with Gasteiger partial charge in [-0.1, -0.05) is 0 Å². The maximum atomic E-state index is 12.0. The topological polar surface area (TPSA) is 57.7 Å². The average molecular weight is 246 g/mol. The van der Waals surface area contributed by atoms with Crippen LogP contribution >= 0.6 is 0 Å². The summed E-state index contributed by atoms with van der Waals surface area (Å²) in [7, 11) is -0.918. The lowest BCUT2D eigenvalue weighted by Crippen LogP contribution is -2.49. The highest BCUT2D eigenvalue weighted by Gasteiger charge is 2.35. The molecule has 0 bridgehead atoms. The fourth-order valence-electron chi connectivity index (χ4n) is 2.27. The molecule has 0 aromatic rings. The zero-order valence-corrected chi connectivity index (χ0v) is 10.4. The van der Waals surface area contributed by atoms with Crippen molar-refractivity contribution in [3.63, 3.8) is 0 Å². The molecule has 0 N–H and O–H groups in total. The number of sulfone groups is 1. The van der Waals surface area contributed by atoms with E-state index in [4.69, 9.17) is 0 Å². The van der Waals surface area contributed by atoms with Gasteiger partial charge in [0.15, 0.2) is 9.84 Å². The Morgan fingerprint density at radius 3 is 2.31 bits per heavy atom. The lowest BCUT2D eigenvalue weighted by Gasteiger charge is -2.33. The van der Waals surface area contributed by atoms with Crippen molar-refractivity contribution in [2.75, 3.05) is 44.7 Å². The van der Waals surface area contributed by atoms with Gasteiger partial charge >= 0.3 is 0 Å². The molecule has 0 aromatic carbocycles. The summed E-state index contributed by atoms with van der Waals surface area (Å²) in [5, 5.41) is 0. The van der Waals surface area contributed by atoms with E-state index < -0.39 is 9.84 Å². The van der Waals surface area contributed by atoms with E-state index in [1.54, 1.807) is 0 Å². The highest BCUT2D eigenvalue weighted by atomic mass is 32.2. The molecule has 5 nitrogen and oxygen atoms in total. The molecule has 2 saturated heterocycles. The summed E-state index contributed by atoms with van der Waals surface area (Å²) in [6, 6.07) is 0. The van der Waals surface area contributed by atoms with Crippen LogP contribution in [0.2, 0.25) is 0 Å². The minimum Gasteiger partial charge on any atom is -0.340 e. The zero-order valence-electron chi connectivity index (χ0n) is 9.55. The van der Waals surface area contributed by atoms with Crippen molar-refractivity contribution in [1.82, 2.24) is 9.80 Å². The standard InChI is InChI=1S/C10H18N2O3S/c1-11-3-5-12(6-4-11)10(13)9-2-7-16(14,15)8-9/h9H,2-8H2,1H3. The number of piperazine rings is 1. The lowest BCUT2D eigenvalue weighted by molar-refractivity contribution is -0.136. The smallest absolute Gasteiger partial charge is 0.226 e. The number of amides is 1. The van der Waals surface area contributed by atoms with E-state index in [-0.39, 0.29) is 23.3 Å². The molecule has 2 fully saturated rings. The van der Waals surface area contributed by atoms with Crippen LogP contribution in [0, 0.1) is 5.92 Å². The molecular weight excluding hydrogens is 228 g/mol. The van der Waals surface area contributed by atoms with E-state index in [1.165, 1.54) is 0 Å². The van der Waals surface area contributed by atoms with E-state index in [2.05, 4.69) is 4.90 Å². The van der Waals surface area contributed by atoms with Crippen LogP contribution in [0.4, 0.5) is 0 Å². The van der Waals surface area contributed by atoms with Crippen LogP contribution in [0.15, 0.2) is 0 Å². The predicted molar refractivity (Wildman–Crippen MR) is 60.8 cm³/mol. The second-order valence-electron chi connectivity index (χ2n) is 4.73. The quantitative estimate of drug-likeness (QED) is 0.607. The Morgan fingerprint density at radius 1 is 1.19 bits per heavy atom. The van der Waals surface area contributed by atoms with E-state index in [9.17, 15) is 13.2 Å². The third-order valence-electron chi connectivity index (χ3n) is 3.40. The third-order valence-corrected chi connectivity index (χ3v) is 5.16. The van der Waals surface area contributed by atoms with Crippen LogP contribution in [0.1, 0.15) is 6.42 Å². The minimum atomic E-state index is -2.95. The molecule has 1 atom stereocenters. The molecule has 2 heterocycles. The molecule has 1 unspecified atom stereocenters. The summed E-state index contributed by atoms with van der Waals surface area (Å²) in [4.78, 5) is 16.0. The number of hydrogen-bond acceptors (Lipinski definition) is 4. The van der Waals surface area contributed by atoms with Gasteiger partial charge in [-0.3, -0.25) is 4.79 Å². The lowest BCUT2D eigenvalue weighted by atomic mass is 10.1. The van der Waals surface area contributed by atoms with Crippen molar-refractivity contribution in [1.29, 1.82) is 0 Å². The Kier molecular flexibility index (Phi) is 3.21. The minimum absolute atomic E-state index is 0.0363. The van der Waals surface area contributed by atoms with Crippen LogP contribution in [-0.2, 0) is 14.6 Å². The maximum absolute atomic E-state index is 12.0. The largest absolute Gasteiger partial charge is 0.340 e. The summed E-state index contributed by atoms with van der Waals surface area (Å²) in [6.45, 7) is 3.22. The highest BCUT2D eigenvalue weighted by Crippen LogP contribution is 2.21. The van der Waals surface area contributed by atoms with Crippen LogP contribution in [-0.4, -0.2) is 68.9 Å². The number of carbonyl (C=O) groups is 1. The second-order valence-corrected chi connectivity index (χ2v) is 6.96. The summed E-state index contributed by atoms with van der Waals surface area (Å²) in [6.07, 6.45) is 0.507. The molecule has 92 valence electrons. The number of hydrogen-bond donors (Lipinski definition) is 0. The number of likely N-dealkylation sites (N-methyl/N-ethyl adjacent to an activating group) is 1. The first kappa shape index (κ1) is 11.9. The first-order chi connectivity index (χ1) is 7.48. The van der Waals surface area contributed by atoms with Gasteiger partial charge in [-0.05, 0) is 13.5 Å². The van der Waals surface area contributed by atoms with E-state index in [0.717, 1.165) is 26.2 Å². The number of nitrogens with zero attached hydrogens (tertiary/aromatic N) is 2. The van der Waals surface area contributed by atoms with Gasteiger partial charge in [0.05, 0.1) is 17.4 Å². The van der Waals surface area contributed by atoms with E-state index in [1.807, 2.05) is 11.9 Å².